The molecular weight excluding hydrogens is 857 g/mol. The normalized spacial score (nSPS) is 19.3. The lowest BCUT2D eigenvalue weighted by Gasteiger charge is -2.49. The van der Waals surface area contributed by atoms with E-state index in [9.17, 15) is 0 Å². The van der Waals surface area contributed by atoms with E-state index in [1.54, 1.807) is 16.7 Å². The number of benzene rings is 3. The Labute approximate surface area is 441 Å². The summed E-state index contributed by atoms with van der Waals surface area (Å²) >= 11 is 0. The summed E-state index contributed by atoms with van der Waals surface area (Å²) in [6, 6.07) is 32.7. The van der Waals surface area contributed by atoms with Gasteiger partial charge < -0.3 is 4.90 Å². The lowest BCUT2D eigenvalue weighted by molar-refractivity contribution is 0.0110. The Morgan fingerprint density at radius 2 is 1.18 bits per heavy atom. The van der Waals surface area contributed by atoms with Crippen molar-refractivity contribution >= 4 is 5.69 Å². The average Bonchev–Trinajstić information content (AvgIpc) is 3.39. The SMILES string of the molecule is CCCCCC1(C)C=CCC=C1C(C)CCCC(C)N(C(CCC)C(C)CC)C(c1ccccc1C(C)N(c1cccc(-c2ccccc2)c1)C(CC)CC(CC)C(CC)CCCC)C(CC)CCCC. The summed E-state index contributed by atoms with van der Waals surface area (Å²) in [4.78, 5) is 6.13. The highest BCUT2D eigenvalue weighted by molar-refractivity contribution is 5.69. The van der Waals surface area contributed by atoms with Crippen molar-refractivity contribution < 1.29 is 0 Å². The van der Waals surface area contributed by atoms with Gasteiger partial charge in [-0.3, -0.25) is 4.90 Å². The monoisotopic (exact) mass is 969 g/mol. The van der Waals surface area contributed by atoms with Gasteiger partial charge in [0.15, 0.2) is 0 Å². The molecule has 0 amide bonds. The van der Waals surface area contributed by atoms with Gasteiger partial charge in [0.1, 0.15) is 0 Å². The Morgan fingerprint density at radius 1 is 0.549 bits per heavy atom. The molecule has 11 unspecified atom stereocenters. The largest absolute Gasteiger partial charge is 0.362 e. The van der Waals surface area contributed by atoms with Crippen LogP contribution >= 0.6 is 0 Å². The Bertz CT molecular complexity index is 1930. The number of rotatable bonds is 36. The van der Waals surface area contributed by atoms with E-state index in [0.717, 1.165) is 24.7 Å². The highest BCUT2D eigenvalue weighted by atomic mass is 15.2. The van der Waals surface area contributed by atoms with Crippen molar-refractivity contribution in [2.45, 2.75) is 268 Å². The van der Waals surface area contributed by atoms with Gasteiger partial charge in [-0.2, -0.15) is 0 Å². The maximum absolute atomic E-state index is 3.19. The Kier molecular flexibility index (Phi) is 27.5. The van der Waals surface area contributed by atoms with Gasteiger partial charge in [-0.1, -0.05) is 264 Å². The topological polar surface area (TPSA) is 6.48 Å². The molecule has 0 N–H and O–H groups in total. The van der Waals surface area contributed by atoms with E-state index < -0.39 is 0 Å². The van der Waals surface area contributed by atoms with Crippen molar-refractivity contribution in [3.8, 4) is 11.1 Å². The first-order valence-corrected chi connectivity index (χ1v) is 30.6. The summed E-state index contributed by atoms with van der Waals surface area (Å²) in [5.74, 6) is 3.32. The highest BCUT2D eigenvalue weighted by Crippen LogP contribution is 2.47. The molecule has 1 aliphatic carbocycles. The summed E-state index contributed by atoms with van der Waals surface area (Å²) < 4.78 is 0. The second kappa shape index (κ2) is 32.3. The fourth-order valence-electron chi connectivity index (χ4n) is 13.7. The number of unbranched alkanes of at least 4 members (excludes halogenated alkanes) is 4. The maximum atomic E-state index is 3.19. The Balaban J connectivity index is 1.89. The predicted molar refractivity (Wildman–Crippen MR) is 318 cm³/mol. The number of hydrogen-bond donors (Lipinski definition) is 0. The molecule has 0 saturated heterocycles. The van der Waals surface area contributed by atoms with Crippen molar-refractivity contribution in [2.24, 2.45) is 35.0 Å². The molecule has 4 rings (SSSR count). The molecule has 0 saturated carbocycles. The lowest BCUT2D eigenvalue weighted by atomic mass is 9.69. The van der Waals surface area contributed by atoms with E-state index in [1.165, 1.54) is 145 Å². The number of hydrogen-bond acceptors (Lipinski definition) is 2. The summed E-state index contributed by atoms with van der Waals surface area (Å²) in [6.45, 7) is 34.9. The zero-order valence-corrected chi connectivity index (χ0v) is 49.0. The first-order valence-electron chi connectivity index (χ1n) is 30.6. The predicted octanol–water partition coefficient (Wildman–Crippen LogP) is 21.8. The van der Waals surface area contributed by atoms with Crippen molar-refractivity contribution in [3.63, 3.8) is 0 Å². The lowest BCUT2D eigenvalue weighted by Crippen LogP contribution is -2.50. The molecule has 2 nitrogen and oxygen atoms in total. The van der Waals surface area contributed by atoms with Crippen molar-refractivity contribution in [3.05, 3.63) is 114 Å². The van der Waals surface area contributed by atoms with Gasteiger partial charge in [-0.15, -0.1) is 0 Å². The molecular formula is C69H112N2. The molecule has 11 atom stereocenters. The second-order valence-electron chi connectivity index (χ2n) is 23.2. The average molecular weight is 970 g/mol. The molecule has 0 aliphatic heterocycles. The molecule has 71 heavy (non-hydrogen) atoms. The quantitative estimate of drug-likeness (QED) is 0.0423. The van der Waals surface area contributed by atoms with Gasteiger partial charge in [0.25, 0.3) is 0 Å². The first-order chi connectivity index (χ1) is 34.4. The molecule has 0 spiro atoms. The van der Waals surface area contributed by atoms with Crippen LogP contribution in [-0.4, -0.2) is 23.0 Å². The van der Waals surface area contributed by atoms with Crippen molar-refractivity contribution in [1.29, 1.82) is 0 Å². The van der Waals surface area contributed by atoms with Gasteiger partial charge in [0.2, 0.25) is 0 Å². The van der Waals surface area contributed by atoms with Gasteiger partial charge in [0, 0.05) is 35.3 Å². The van der Waals surface area contributed by atoms with E-state index in [0.29, 0.717) is 41.9 Å². The van der Waals surface area contributed by atoms with Crippen LogP contribution in [0, 0.1) is 35.0 Å². The van der Waals surface area contributed by atoms with Crippen LogP contribution in [0.3, 0.4) is 0 Å². The third-order valence-electron chi connectivity index (χ3n) is 18.2. The van der Waals surface area contributed by atoms with E-state index in [4.69, 9.17) is 0 Å². The number of anilines is 1. The standard InChI is InChI=1S/C69H112N2/c1-15-24-33-49-69(14)50-34-32-48-66(69)54(11)38-35-39-55(12)70(67(37-18-4)53(10)19-5)68(58(21-7)41-26-17-3)65-47-31-30-46-64(65)56(13)71(62(23-9)51-59(22-8)57(20-6)40-25-16-2)63-45-36-44-61(52-63)60-42-28-27-29-43-60/h27-31,34,36,42-48,50,52-59,62,67-68H,15-26,32-33,35,37-41,49,51H2,1-14H3. The van der Waals surface area contributed by atoms with Crippen LogP contribution in [0.25, 0.3) is 11.1 Å². The molecule has 0 aromatic heterocycles. The molecule has 2 heteroatoms. The van der Waals surface area contributed by atoms with E-state index in [1.807, 2.05) is 0 Å². The van der Waals surface area contributed by atoms with Crippen LogP contribution in [0.1, 0.15) is 261 Å². The smallest absolute Gasteiger partial charge is 0.0520 e. The van der Waals surface area contributed by atoms with Crippen LogP contribution in [0.4, 0.5) is 5.69 Å². The summed E-state index contributed by atoms with van der Waals surface area (Å²) in [5, 5.41) is 0. The van der Waals surface area contributed by atoms with Gasteiger partial charge in [-0.05, 0) is 129 Å². The minimum Gasteiger partial charge on any atom is -0.362 e. The first kappa shape index (κ1) is 60.5. The molecule has 0 heterocycles. The zero-order chi connectivity index (χ0) is 51.8. The van der Waals surface area contributed by atoms with E-state index in [2.05, 4.69) is 204 Å². The van der Waals surface area contributed by atoms with Gasteiger partial charge in [0.05, 0.1) is 6.04 Å². The third-order valence-corrected chi connectivity index (χ3v) is 18.2. The molecule has 0 radical (unpaired) electrons. The van der Waals surface area contributed by atoms with Crippen LogP contribution < -0.4 is 4.90 Å². The summed E-state index contributed by atoms with van der Waals surface area (Å²) in [6.07, 6.45) is 35.4. The number of allylic oxidation sites excluding steroid dienone is 4. The zero-order valence-electron chi connectivity index (χ0n) is 49.0. The minimum absolute atomic E-state index is 0.206. The maximum Gasteiger partial charge on any atom is 0.0520 e. The summed E-state index contributed by atoms with van der Waals surface area (Å²) in [5.41, 5.74) is 9.08. The van der Waals surface area contributed by atoms with Gasteiger partial charge >= 0.3 is 0 Å². The fraction of sp³-hybridized carbons (Fsp3) is 0.681. The van der Waals surface area contributed by atoms with E-state index >= 15 is 0 Å². The van der Waals surface area contributed by atoms with Gasteiger partial charge in [-0.25, -0.2) is 0 Å². The summed E-state index contributed by atoms with van der Waals surface area (Å²) in [7, 11) is 0. The van der Waals surface area contributed by atoms with Crippen molar-refractivity contribution in [2.75, 3.05) is 4.90 Å². The molecule has 3 aromatic carbocycles. The Hall–Kier alpha value is -3.10. The minimum atomic E-state index is 0.206. The highest BCUT2D eigenvalue weighted by Gasteiger charge is 2.40. The molecule has 1 aliphatic rings. The Morgan fingerprint density at radius 3 is 1.80 bits per heavy atom. The third kappa shape index (κ3) is 17.0. The van der Waals surface area contributed by atoms with Crippen molar-refractivity contribution in [1.82, 2.24) is 4.90 Å². The van der Waals surface area contributed by atoms with Crippen LogP contribution in [0.15, 0.2) is 103 Å². The van der Waals surface area contributed by atoms with Crippen LogP contribution in [-0.2, 0) is 0 Å². The van der Waals surface area contributed by atoms with E-state index in [-0.39, 0.29) is 11.5 Å². The molecule has 398 valence electrons. The van der Waals surface area contributed by atoms with Crippen LogP contribution in [0.5, 0.6) is 0 Å². The van der Waals surface area contributed by atoms with Crippen LogP contribution in [0.2, 0.25) is 0 Å². The molecule has 0 fully saturated rings. The fourth-order valence-corrected chi connectivity index (χ4v) is 13.7. The second-order valence-corrected chi connectivity index (χ2v) is 23.2. The molecule has 0 bridgehead atoms. The number of nitrogens with zero attached hydrogens (tertiary/aromatic N) is 2. The molecule has 3 aromatic rings.